The van der Waals surface area contributed by atoms with Crippen LogP contribution in [0.5, 0.6) is 0 Å². The maximum atomic E-state index is 13.6. The molecule has 1 amide bonds. The van der Waals surface area contributed by atoms with Crippen molar-refractivity contribution in [1.82, 2.24) is 0 Å². The lowest BCUT2D eigenvalue weighted by Crippen LogP contribution is -2.48. The number of carbonyl (C=O) groups excluding carboxylic acids is 2. The van der Waals surface area contributed by atoms with Gasteiger partial charge in [-0.2, -0.15) is 0 Å². The molecular weight excluding hydrogens is 448 g/mol. The van der Waals surface area contributed by atoms with Crippen molar-refractivity contribution in [3.63, 3.8) is 0 Å². The van der Waals surface area contributed by atoms with Crippen molar-refractivity contribution < 1.29 is 14.0 Å². The Balaban J connectivity index is 1.84. The zero-order valence-corrected chi connectivity index (χ0v) is 17.3. The van der Waals surface area contributed by atoms with Gasteiger partial charge < -0.3 is 15.1 Å². The smallest absolute Gasteiger partial charge is 0.343 e. The van der Waals surface area contributed by atoms with Crippen molar-refractivity contribution in [3.8, 4) is 0 Å². The molecule has 1 unspecified atom stereocenters. The second kappa shape index (κ2) is 5.92. The molecule has 0 radical (unpaired) electrons. The Morgan fingerprint density at radius 3 is 2.70 bits per heavy atom. The van der Waals surface area contributed by atoms with Gasteiger partial charge in [0.1, 0.15) is 11.0 Å². The van der Waals surface area contributed by atoms with Crippen LogP contribution in [-0.4, -0.2) is 11.7 Å². The number of amides is 1. The van der Waals surface area contributed by atoms with Crippen LogP contribution in [0.4, 0.5) is 11.4 Å². The van der Waals surface area contributed by atoms with Crippen molar-refractivity contribution >= 4 is 50.0 Å². The molecule has 2 aromatic carbocycles. The van der Waals surface area contributed by atoms with Crippen LogP contribution < -0.4 is 16.3 Å². The molecule has 3 aliphatic rings. The molecule has 6 nitrogen and oxygen atoms in total. The Hall–Kier alpha value is -3.19. The maximum Gasteiger partial charge on any atom is 0.343 e. The van der Waals surface area contributed by atoms with Crippen LogP contribution in [0.2, 0.25) is 0 Å². The lowest BCUT2D eigenvalue weighted by Gasteiger charge is -2.39. The lowest BCUT2D eigenvalue weighted by molar-refractivity contribution is -0.122. The van der Waals surface area contributed by atoms with Crippen LogP contribution >= 0.6 is 15.9 Å². The highest BCUT2D eigenvalue weighted by Gasteiger charge is 2.59. The summed E-state index contributed by atoms with van der Waals surface area (Å²) < 4.78 is 6.39. The number of hydrogen-bond donors (Lipinski definition) is 2. The minimum atomic E-state index is -1.53. The van der Waals surface area contributed by atoms with Crippen LogP contribution in [0.1, 0.15) is 30.4 Å². The number of halogens is 1. The largest absolute Gasteiger partial charge is 0.422 e. The number of nitrogens with one attached hydrogen (secondary N) is 2. The SMILES string of the molecule is O=C1CCCC2=C1C1(C(=O)Nc3ccc(Br)cc31)c1c(c3ccccc3oc1=O)N2. The third-order valence-corrected chi connectivity index (χ3v) is 6.72. The number of Topliss-reactive ketones (excluding diaryl/α,β-unsaturated/α-hetero) is 1. The monoisotopic (exact) mass is 462 g/mol. The van der Waals surface area contributed by atoms with E-state index in [4.69, 9.17) is 4.42 Å². The molecule has 2 N–H and O–H groups in total. The molecule has 30 heavy (non-hydrogen) atoms. The van der Waals surface area contributed by atoms with Gasteiger partial charge in [0, 0.05) is 38.8 Å². The van der Waals surface area contributed by atoms with Gasteiger partial charge in [-0.3, -0.25) is 9.59 Å². The topological polar surface area (TPSA) is 88.4 Å². The Bertz CT molecular complexity index is 1400. The number of ketones is 1. The first kappa shape index (κ1) is 17.7. The highest BCUT2D eigenvalue weighted by Crippen LogP contribution is 2.55. The average Bonchev–Trinajstić information content (AvgIpc) is 3.00. The van der Waals surface area contributed by atoms with Gasteiger partial charge in [-0.05, 0) is 43.2 Å². The standard InChI is InChI=1S/C23H15BrN2O4/c24-11-8-9-14-13(10-11)23(22(29)26-14)18-15(5-3-6-16(18)27)25-20-12-4-1-2-7-17(12)30-21(28)19(20)23/h1-2,4,7-10,25H,3,5-6H2,(H,26,29). The van der Waals surface area contributed by atoms with Gasteiger partial charge in [-0.25, -0.2) is 4.79 Å². The number of benzene rings is 2. The van der Waals surface area contributed by atoms with Crippen LogP contribution in [0, 0.1) is 0 Å². The Kier molecular flexibility index (Phi) is 3.48. The minimum absolute atomic E-state index is 0.120. The molecule has 7 heteroatoms. The number of rotatable bonds is 0. The van der Waals surface area contributed by atoms with E-state index >= 15 is 0 Å². The lowest BCUT2D eigenvalue weighted by atomic mass is 9.64. The van der Waals surface area contributed by atoms with E-state index in [-0.39, 0.29) is 11.3 Å². The van der Waals surface area contributed by atoms with E-state index in [1.807, 2.05) is 24.3 Å². The molecule has 0 bridgehead atoms. The summed E-state index contributed by atoms with van der Waals surface area (Å²) in [4.78, 5) is 40.2. The van der Waals surface area contributed by atoms with Crippen LogP contribution in [0.25, 0.3) is 11.0 Å². The molecule has 1 atom stereocenters. The van der Waals surface area contributed by atoms with E-state index in [2.05, 4.69) is 26.6 Å². The van der Waals surface area contributed by atoms with E-state index in [0.717, 1.165) is 4.47 Å². The van der Waals surface area contributed by atoms with Gasteiger partial charge in [0.05, 0.1) is 11.3 Å². The van der Waals surface area contributed by atoms with Gasteiger partial charge in [-0.15, -0.1) is 0 Å². The summed E-state index contributed by atoms with van der Waals surface area (Å²) in [5, 5.41) is 6.94. The first-order chi connectivity index (χ1) is 14.5. The third-order valence-electron chi connectivity index (χ3n) is 6.22. The van der Waals surface area contributed by atoms with Crippen molar-refractivity contribution in [2.45, 2.75) is 24.7 Å². The number of carbonyl (C=O) groups is 2. The molecule has 3 aromatic rings. The van der Waals surface area contributed by atoms with E-state index < -0.39 is 16.9 Å². The normalized spacial score (nSPS) is 21.9. The third kappa shape index (κ3) is 2.05. The number of anilines is 2. The molecule has 6 rings (SSSR count). The maximum absolute atomic E-state index is 13.6. The van der Waals surface area contributed by atoms with Gasteiger partial charge in [-0.1, -0.05) is 28.1 Å². The molecule has 2 aliphatic heterocycles. The molecule has 1 spiro atoms. The quantitative estimate of drug-likeness (QED) is 0.488. The summed E-state index contributed by atoms with van der Waals surface area (Å²) in [5.41, 5.74) is 1.24. The summed E-state index contributed by atoms with van der Waals surface area (Å²) in [6, 6.07) is 12.6. The fourth-order valence-corrected chi connectivity index (χ4v) is 5.43. The zero-order chi connectivity index (χ0) is 20.6. The fourth-order valence-electron chi connectivity index (χ4n) is 5.07. The van der Waals surface area contributed by atoms with E-state index in [0.29, 0.717) is 58.4 Å². The minimum Gasteiger partial charge on any atom is -0.422 e. The summed E-state index contributed by atoms with van der Waals surface area (Å²) in [7, 11) is 0. The van der Waals surface area contributed by atoms with Crippen LogP contribution in [-0.2, 0) is 15.0 Å². The molecule has 1 aliphatic carbocycles. The van der Waals surface area contributed by atoms with Crippen molar-refractivity contribution in [2.75, 3.05) is 10.6 Å². The summed E-state index contributed by atoms with van der Waals surface area (Å²) in [5.74, 6) is -0.520. The van der Waals surface area contributed by atoms with E-state index in [1.54, 1.807) is 18.2 Å². The molecule has 0 fully saturated rings. The highest BCUT2D eigenvalue weighted by molar-refractivity contribution is 9.10. The highest BCUT2D eigenvalue weighted by atomic mass is 79.9. The Morgan fingerprint density at radius 1 is 1.00 bits per heavy atom. The van der Waals surface area contributed by atoms with Crippen molar-refractivity contribution in [1.29, 1.82) is 0 Å². The van der Waals surface area contributed by atoms with Gasteiger partial charge in [0.2, 0.25) is 5.91 Å². The number of para-hydroxylation sites is 1. The predicted molar refractivity (Wildman–Crippen MR) is 116 cm³/mol. The van der Waals surface area contributed by atoms with Crippen LogP contribution in [0.15, 0.2) is 67.4 Å². The van der Waals surface area contributed by atoms with E-state index in [1.165, 1.54) is 0 Å². The first-order valence-corrected chi connectivity index (χ1v) is 10.5. The Labute approximate surface area is 179 Å². The fraction of sp³-hybridized carbons (Fsp3) is 0.174. The average molecular weight is 463 g/mol. The van der Waals surface area contributed by atoms with Gasteiger partial charge >= 0.3 is 5.63 Å². The summed E-state index contributed by atoms with van der Waals surface area (Å²) >= 11 is 3.48. The number of allylic oxidation sites excluding steroid dienone is 1. The van der Waals surface area contributed by atoms with E-state index in [9.17, 15) is 14.4 Å². The molecule has 1 aromatic heterocycles. The molecular formula is C23H15BrN2O4. The first-order valence-electron chi connectivity index (χ1n) is 9.73. The number of fused-ring (bicyclic) bond motifs is 7. The molecule has 0 saturated carbocycles. The summed E-state index contributed by atoms with van der Waals surface area (Å²) in [6.45, 7) is 0. The van der Waals surface area contributed by atoms with Gasteiger partial charge in [0.15, 0.2) is 5.78 Å². The van der Waals surface area contributed by atoms with Crippen molar-refractivity contribution in [2.24, 2.45) is 0 Å². The second-order valence-corrected chi connectivity index (χ2v) is 8.70. The van der Waals surface area contributed by atoms with Crippen LogP contribution in [0.3, 0.4) is 0 Å². The second-order valence-electron chi connectivity index (χ2n) is 7.78. The molecule has 148 valence electrons. The zero-order valence-electron chi connectivity index (χ0n) is 15.7. The number of hydrogen-bond acceptors (Lipinski definition) is 5. The Morgan fingerprint density at radius 2 is 1.83 bits per heavy atom. The summed E-state index contributed by atoms with van der Waals surface area (Å²) in [6.07, 6.45) is 1.67. The molecule has 0 saturated heterocycles. The van der Waals surface area contributed by atoms with Gasteiger partial charge in [0.25, 0.3) is 0 Å². The predicted octanol–water partition coefficient (Wildman–Crippen LogP) is 4.23. The molecule has 3 heterocycles. The van der Waals surface area contributed by atoms with Crippen molar-refractivity contribution in [3.05, 3.63) is 79.8 Å².